The monoisotopic (exact) mass is 283 g/mol. The summed E-state index contributed by atoms with van der Waals surface area (Å²) in [6.45, 7) is 0.761. The minimum Gasteiger partial charge on any atom is -0.480 e. The maximum atomic E-state index is 11.5. The van der Waals surface area contributed by atoms with E-state index in [1.54, 1.807) is 0 Å². The number of carbonyl (C=O) groups excluding carboxylic acids is 1. The summed E-state index contributed by atoms with van der Waals surface area (Å²) in [5, 5.41) is 32.4. The number of urea groups is 1. The molecule has 0 aliphatic carbocycles. The summed E-state index contributed by atoms with van der Waals surface area (Å²) in [4.78, 5) is 32.2. The molecule has 0 aliphatic heterocycles. The fraction of sp³-hybridized carbons (Fsp3) is 0.273. The summed E-state index contributed by atoms with van der Waals surface area (Å²) in [7, 11) is 0. The summed E-state index contributed by atoms with van der Waals surface area (Å²) in [6, 6.07) is 1.67. The van der Waals surface area contributed by atoms with E-state index in [9.17, 15) is 19.7 Å². The Hall–Kier alpha value is -2.68. The molecule has 0 heterocycles. The first-order valence-corrected chi connectivity index (χ1v) is 5.51. The number of hydrogen-bond donors (Lipinski definition) is 4. The Morgan fingerprint density at radius 1 is 1.45 bits per heavy atom. The van der Waals surface area contributed by atoms with Gasteiger partial charge in [-0.3, -0.25) is 10.1 Å². The lowest BCUT2D eigenvalue weighted by Gasteiger charge is -2.12. The molecule has 9 heteroatoms. The molecule has 1 aromatic rings. The van der Waals surface area contributed by atoms with Crippen LogP contribution in [-0.4, -0.2) is 39.8 Å². The Morgan fingerprint density at radius 2 is 2.10 bits per heavy atom. The summed E-state index contributed by atoms with van der Waals surface area (Å²) < 4.78 is 0. The van der Waals surface area contributed by atoms with Crippen LogP contribution in [0, 0.1) is 17.0 Å². The molecule has 4 N–H and O–H groups in total. The van der Waals surface area contributed by atoms with Crippen LogP contribution in [0.4, 0.5) is 16.2 Å². The molecule has 0 bridgehead atoms. The zero-order chi connectivity index (χ0) is 15.3. The van der Waals surface area contributed by atoms with Crippen LogP contribution in [0.3, 0.4) is 0 Å². The van der Waals surface area contributed by atoms with Crippen LogP contribution < -0.4 is 10.6 Å². The number of nitro groups is 1. The van der Waals surface area contributed by atoms with Gasteiger partial charge in [-0.15, -0.1) is 0 Å². The lowest BCUT2D eigenvalue weighted by atomic mass is 10.2. The van der Waals surface area contributed by atoms with Gasteiger partial charge in [-0.1, -0.05) is 0 Å². The van der Waals surface area contributed by atoms with Crippen LogP contribution >= 0.6 is 0 Å². The standard InChI is InChI=1S/C11H13N3O6/c1-6-4-7(2-3-9(6)14(19)20)12-11(18)13-8(5-15)10(16)17/h2-4,8,15H,5H2,1H3,(H,16,17)(H2,12,13,18)/t8-/m1/s1. The third-order valence-corrected chi connectivity index (χ3v) is 2.44. The average molecular weight is 283 g/mol. The van der Waals surface area contributed by atoms with Crippen LogP contribution in [-0.2, 0) is 4.79 Å². The van der Waals surface area contributed by atoms with Crippen LogP contribution in [0.5, 0.6) is 0 Å². The topological polar surface area (TPSA) is 142 Å². The smallest absolute Gasteiger partial charge is 0.328 e. The lowest BCUT2D eigenvalue weighted by Crippen LogP contribution is -2.45. The van der Waals surface area contributed by atoms with Crippen LogP contribution in [0.25, 0.3) is 0 Å². The molecule has 1 rings (SSSR count). The van der Waals surface area contributed by atoms with E-state index in [0.717, 1.165) is 0 Å². The maximum Gasteiger partial charge on any atom is 0.328 e. The summed E-state index contributed by atoms with van der Waals surface area (Å²) in [6.07, 6.45) is 0. The van der Waals surface area contributed by atoms with Crippen molar-refractivity contribution in [2.75, 3.05) is 11.9 Å². The number of rotatable bonds is 5. The number of aryl methyl sites for hydroxylation is 1. The van der Waals surface area contributed by atoms with Crippen molar-refractivity contribution in [3.8, 4) is 0 Å². The molecule has 108 valence electrons. The molecule has 0 aromatic heterocycles. The Kier molecular flexibility index (Phi) is 4.98. The Balaban J connectivity index is 2.74. The molecule has 0 radical (unpaired) electrons. The number of carbonyl (C=O) groups is 2. The van der Waals surface area contributed by atoms with Crippen LogP contribution in [0.15, 0.2) is 18.2 Å². The van der Waals surface area contributed by atoms with Crippen molar-refractivity contribution in [2.45, 2.75) is 13.0 Å². The number of anilines is 1. The van der Waals surface area contributed by atoms with Crippen molar-refractivity contribution >= 4 is 23.4 Å². The van der Waals surface area contributed by atoms with Crippen molar-refractivity contribution in [1.82, 2.24) is 5.32 Å². The molecular formula is C11H13N3O6. The quantitative estimate of drug-likeness (QED) is 0.457. The van der Waals surface area contributed by atoms with Gasteiger partial charge in [0.2, 0.25) is 0 Å². The number of aliphatic hydroxyl groups is 1. The number of aliphatic carboxylic acids is 1. The highest BCUT2D eigenvalue weighted by Crippen LogP contribution is 2.21. The second-order valence-electron chi connectivity index (χ2n) is 3.93. The number of carboxylic acid groups (broad SMARTS) is 1. The summed E-state index contributed by atoms with van der Waals surface area (Å²) >= 11 is 0. The predicted molar refractivity (Wildman–Crippen MR) is 68.5 cm³/mol. The average Bonchev–Trinajstić information content (AvgIpc) is 2.35. The highest BCUT2D eigenvalue weighted by molar-refractivity contribution is 5.92. The first-order valence-electron chi connectivity index (χ1n) is 5.51. The molecule has 0 saturated heterocycles. The molecule has 9 nitrogen and oxygen atoms in total. The van der Waals surface area contributed by atoms with Crippen molar-refractivity contribution in [3.05, 3.63) is 33.9 Å². The van der Waals surface area contributed by atoms with Crippen molar-refractivity contribution in [2.24, 2.45) is 0 Å². The van der Waals surface area contributed by atoms with Gasteiger partial charge < -0.3 is 20.8 Å². The minimum atomic E-state index is -1.42. The van der Waals surface area contributed by atoms with E-state index in [2.05, 4.69) is 5.32 Å². The number of nitrogens with zero attached hydrogens (tertiary/aromatic N) is 1. The molecular weight excluding hydrogens is 270 g/mol. The zero-order valence-electron chi connectivity index (χ0n) is 10.5. The molecule has 0 saturated carbocycles. The third-order valence-electron chi connectivity index (χ3n) is 2.44. The number of nitro benzene ring substituents is 1. The van der Waals surface area contributed by atoms with Gasteiger partial charge in [-0.2, -0.15) is 0 Å². The minimum absolute atomic E-state index is 0.0882. The number of amides is 2. The van der Waals surface area contributed by atoms with E-state index in [1.807, 2.05) is 5.32 Å². The van der Waals surface area contributed by atoms with Gasteiger partial charge in [0.05, 0.1) is 11.5 Å². The third kappa shape index (κ3) is 3.92. The fourth-order valence-electron chi connectivity index (χ4n) is 1.45. The van der Waals surface area contributed by atoms with E-state index in [1.165, 1.54) is 25.1 Å². The predicted octanol–water partition coefficient (Wildman–Crippen LogP) is 0.470. The highest BCUT2D eigenvalue weighted by atomic mass is 16.6. The second-order valence-corrected chi connectivity index (χ2v) is 3.93. The Labute approximate surface area is 113 Å². The van der Waals surface area contributed by atoms with Crippen LogP contribution in [0.2, 0.25) is 0 Å². The van der Waals surface area contributed by atoms with Gasteiger partial charge >= 0.3 is 12.0 Å². The van der Waals surface area contributed by atoms with Gasteiger partial charge in [-0.25, -0.2) is 9.59 Å². The number of nitrogens with one attached hydrogen (secondary N) is 2. The van der Waals surface area contributed by atoms with Gasteiger partial charge in [0.1, 0.15) is 0 Å². The van der Waals surface area contributed by atoms with Crippen molar-refractivity contribution < 1.29 is 24.7 Å². The summed E-state index contributed by atoms with van der Waals surface area (Å²) in [5.41, 5.74) is 0.534. The molecule has 2 amide bonds. The van der Waals surface area contributed by atoms with E-state index in [0.29, 0.717) is 5.56 Å². The molecule has 20 heavy (non-hydrogen) atoms. The number of benzene rings is 1. The van der Waals surface area contributed by atoms with E-state index >= 15 is 0 Å². The first-order chi connectivity index (χ1) is 9.35. The number of aliphatic hydroxyl groups excluding tert-OH is 1. The number of carboxylic acids is 1. The van der Waals surface area contributed by atoms with Gasteiger partial charge in [0.25, 0.3) is 5.69 Å². The Morgan fingerprint density at radius 3 is 2.55 bits per heavy atom. The fourth-order valence-corrected chi connectivity index (χ4v) is 1.45. The molecule has 0 aliphatic rings. The van der Waals surface area contributed by atoms with Gasteiger partial charge in [0.15, 0.2) is 6.04 Å². The van der Waals surface area contributed by atoms with Gasteiger partial charge in [0, 0.05) is 17.3 Å². The zero-order valence-corrected chi connectivity index (χ0v) is 10.5. The molecule has 1 aromatic carbocycles. The molecule has 1 atom stereocenters. The lowest BCUT2D eigenvalue weighted by molar-refractivity contribution is -0.385. The van der Waals surface area contributed by atoms with Crippen molar-refractivity contribution in [1.29, 1.82) is 0 Å². The highest BCUT2D eigenvalue weighted by Gasteiger charge is 2.19. The van der Waals surface area contributed by atoms with Crippen LogP contribution in [0.1, 0.15) is 5.56 Å². The maximum absolute atomic E-state index is 11.5. The molecule has 0 spiro atoms. The van der Waals surface area contributed by atoms with E-state index in [4.69, 9.17) is 10.2 Å². The number of hydrogen-bond acceptors (Lipinski definition) is 5. The van der Waals surface area contributed by atoms with Gasteiger partial charge in [-0.05, 0) is 19.1 Å². The normalized spacial score (nSPS) is 11.5. The molecule has 0 unspecified atom stereocenters. The SMILES string of the molecule is Cc1cc(NC(=O)N[C@H](CO)C(=O)O)ccc1[N+](=O)[O-]. The van der Waals surface area contributed by atoms with E-state index in [-0.39, 0.29) is 11.4 Å². The van der Waals surface area contributed by atoms with Crippen molar-refractivity contribution in [3.63, 3.8) is 0 Å². The molecule has 0 fully saturated rings. The largest absolute Gasteiger partial charge is 0.480 e. The summed E-state index contributed by atoms with van der Waals surface area (Å²) in [5.74, 6) is -1.37. The first kappa shape index (κ1) is 15.4. The second kappa shape index (κ2) is 6.48. The van der Waals surface area contributed by atoms with E-state index < -0.39 is 29.6 Å². The Bertz CT molecular complexity index is 545.